The zero-order valence-corrected chi connectivity index (χ0v) is 10.6. The molecule has 0 atom stereocenters. The summed E-state index contributed by atoms with van der Waals surface area (Å²) < 4.78 is 5.05. The van der Waals surface area contributed by atoms with Gasteiger partial charge in [-0.15, -0.1) is 0 Å². The first-order chi connectivity index (χ1) is 7.51. The third-order valence-corrected chi connectivity index (χ3v) is 2.50. The molecular formula is C10H11Cl2NO3. The summed E-state index contributed by atoms with van der Waals surface area (Å²) in [6, 6.07) is 2.98. The van der Waals surface area contributed by atoms with E-state index in [2.05, 4.69) is 0 Å². The standard InChI is InChI=1S/C10H11Cl2NO3/c1-13(16-3)10(14)7-4-6(11)5-8(12)9(7)15-2/h4-5H,1-3H3. The topological polar surface area (TPSA) is 38.8 Å². The molecule has 16 heavy (non-hydrogen) atoms. The molecule has 1 aromatic carbocycles. The first-order valence-electron chi connectivity index (χ1n) is 4.36. The predicted octanol–water partition coefficient (Wildman–Crippen LogP) is 2.64. The van der Waals surface area contributed by atoms with Gasteiger partial charge in [0.1, 0.15) is 5.75 Å². The van der Waals surface area contributed by atoms with E-state index in [9.17, 15) is 4.79 Å². The molecular weight excluding hydrogens is 253 g/mol. The molecule has 0 fully saturated rings. The summed E-state index contributed by atoms with van der Waals surface area (Å²) >= 11 is 11.7. The predicted molar refractivity (Wildman–Crippen MR) is 62.1 cm³/mol. The number of methoxy groups -OCH3 is 1. The number of halogens is 2. The lowest BCUT2D eigenvalue weighted by molar-refractivity contribution is -0.0758. The molecule has 6 heteroatoms. The Hall–Kier alpha value is -0.970. The maximum Gasteiger partial charge on any atom is 0.281 e. The van der Waals surface area contributed by atoms with Crippen molar-refractivity contribution in [3.05, 3.63) is 27.7 Å². The molecule has 0 aliphatic heterocycles. The summed E-state index contributed by atoms with van der Waals surface area (Å²) in [6.07, 6.45) is 0. The van der Waals surface area contributed by atoms with E-state index >= 15 is 0 Å². The Morgan fingerprint density at radius 2 is 1.94 bits per heavy atom. The SMILES string of the molecule is COc1c(Cl)cc(Cl)cc1C(=O)N(C)OC. The summed E-state index contributed by atoms with van der Waals surface area (Å²) in [5.41, 5.74) is 0.254. The summed E-state index contributed by atoms with van der Waals surface area (Å²) in [5, 5.41) is 1.70. The van der Waals surface area contributed by atoms with E-state index in [1.165, 1.54) is 33.4 Å². The van der Waals surface area contributed by atoms with Crippen molar-refractivity contribution in [2.24, 2.45) is 0 Å². The highest BCUT2D eigenvalue weighted by molar-refractivity contribution is 6.36. The van der Waals surface area contributed by atoms with Gasteiger partial charge in [0.25, 0.3) is 5.91 Å². The maximum atomic E-state index is 11.9. The van der Waals surface area contributed by atoms with Crippen LogP contribution in [0.4, 0.5) is 0 Å². The first kappa shape index (κ1) is 13.1. The molecule has 0 heterocycles. The van der Waals surface area contributed by atoms with Gasteiger partial charge in [-0.3, -0.25) is 9.63 Å². The van der Waals surface area contributed by atoms with Gasteiger partial charge in [-0.05, 0) is 12.1 Å². The fourth-order valence-corrected chi connectivity index (χ4v) is 1.75. The highest BCUT2D eigenvalue weighted by Gasteiger charge is 2.19. The second kappa shape index (κ2) is 5.39. The molecule has 1 rings (SSSR count). The minimum Gasteiger partial charge on any atom is -0.494 e. The monoisotopic (exact) mass is 263 g/mol. The normalized spacial score (nSPS) is 10.1. The van der Waals surface area contributed by atoms with E-state index < -0.39 is 0 Å². The number of benzene rings is 1. The van der Waals surface area contributed by atoms with E-state index in [0.717, 1.165) is 5.06 Å². The molecule has 0 spiro atoms. The molecule has 0 aromatic heterocycles. The average molecular weight is 264 g/mol. The quantitative estimate of drug-likeness (QED) is 0.788. The number of amides is 1. The van der Waals surface area contributed by atoms with Crippen LogP contribution in [0.5, 0.6) is 5.75 Å². The van der Waals surface area contributed by atoms with E-state index in [4.69, 9.17) is 32.8 Å². The van der Waals surface area contributed by atoms with Gasteiger partial charge in [0.15, 0.2) is 0 Å². The Morgan fingerprint density at radius 1 is 1.31 bits per heavy atom. The van der Waals surface area contributed by atoms with E-state index in [1.807, 2.05) is 0 Å². The van der Waals surface area contributed by atoms with E-state index in [1.54, 1.807) is 0 Å². The van der Waals surface area contributed by atoms with Gasteiger partial charge in [-0.25, -0.2) is 5.06 Å². The van der Waals surface area contributed by atoms with Gasteiger partial charge in [0, 0.05) is 12.1 Å². The molecule has 1 amide bonds. The molecule has 0 unspecified atom stereocenters. The van der Waals surface area contributed by atoms with E-state index in [0.29, 0.717) is 5.02 Å². The van der Waals surface area contributed by atoms with Crippen molar-refractivity contribution in [1.29, 1.82) is 0 Å². The molecule has 88 valence electrons. The number of nitrogens with zero attached hydrogens (tertiary/aromatic N) is 1. The Balaban J connectivity index is 3.26. The lowest BCUT2D eigenvalue weighted by Crippen LogP contribution is -2.25. The second-order valence-electron chi connectivity index (χ2n) is 2.95. The van der Waals surface area contributed by atoms with E-state index in [-0.39, 0.29) is 22.2 Å². The highest BCUT2D eigenvalue weighted by atomic mass is 35.5. The van der Waals surface area contributed by atoms with Crippen molar-refractivity contribution in [3.8, 4) is 5.75 Å². The number of rotatable bonds is 3. The van der Waals surface area contributed by atoms with Crippen molar-refractivity contribution in [2.45, 2.75) is 0 Å². The minimum atomic E-state index is -0.385. The molecule has 0 N–H and O–H groups in total. The Kier molecular flexibility index (Phi) is 4.41. The number of hydrogen-bond donors (Lipinski definition) is 0. The van der Waals surface area contributed by atoms with Crippen LogP contribution < -0.4 is 4.74 Å². The van der Waals surface area contributed by atoms with Gasteiger partial charge in [-0.2, -0.15) is 0 Å². The van der Waals surface area contributed by atoms with Gasteiger partial charge >= 0.3 is 0 Å². The van der Waals surface area contributed by atoms with Crippen LogP contribution in [-0.4, -0.2) is 32.2 Å². The van der Waals surface area contributed by atoms with Crippen molar-refractivity contribution < 1.29 is 14.4 Å². The van der Waals surface area contributed by atoms with Gasteiger partial charge in [-0.1, -0.05) is 23.2 Å². The third kappa shape index (κ3) is 2.58. The zero-order chi connectivity index (χ0) is 12.3. The Bertz CT molecular complexity index is 409. The fourth-order valence-electron chi connectivity index (χ4n) is 1.18. The largest absolute Gasteiger partial charge is 0.494 e. The average Bonchev–Trinajstić information content (AvgIpc) is 2.26. The number of hydroxylamine groups is 2. The second-order valence-corrected chi connectivity index (χ2v) is 3.80. The van der Waals surface area contributed by atoms with Crippen LogP contribution in [0.1, 0.15) is 10.4 Å². The molecule has 0 aliphatic carbocycles. The van der Waals surface area contributed by atoms with Crippen LogP contribution in [0.15, 0.2) is 12.1 Å². The van der Waals surface area contributed by atoms with Crippen molar-refractivity contribution >= 4 is 29.1 Å². The number of hydrogen-bond acceptors (Lipinski definition) is 3. The fraction of sp³-hybridized carbons (Fsp3) is 0.300. The van der Waals surface area contributed by atoms with Crippen LogP contribution in [0.2, 0.25) is 10.0 Å². The lowest BCUT2D eigenvalue weighted by atomic mass is 10.2. The molecule has 0 saturated carbocycles. The Morgan fingerprint density at radius 3 is 2.44 bits per heavy atom. The molecule has 4 nitrogen and oxygen atoms in total. The van der Waals surface area contributed by atoms with Gasteiger partial charge in [0.2, 0.25) is 0 Å². The number of carbonyl (C=O) groups is 1. The molecule has 0 saturated heterocycles. The van der Waals surface area contributed by atoms with Crippen molar-refractivity contribution in [2.75, 3.05) is 21.3 Å². The zero-order valence-electron chi connectivity index (χ0n) is 9.08. The summed E-state index contributed by atoms with van der Waals surface area (Å²) in [6.45, 7) is 0. The number of carbonyl (C=O) groups excluding carboxylic acids is 1. The highest BCUT2D eigenvalue weighted by Crippen LogP contribution is 2.32. The minimum absolute atomic E-state index is 0.254. The molecule has 1 aromatic rings. The summed E-state index contributed by atoms with van der Waals surface area (Å²) in [5.74, 6) is -0.108. The smallest absolute Gasteiger partial charge is 0.281 e. The van der Waals surface area contributed by atoms with Crippen LogP contribution >= 0.6 is 23.2 Å². The molecule has 0 aliphatic rings. The van der Waals surface area contributed by atoms with Crippen molar-refractivity contribution in [3.63, 3.8) is 0 Å². The van der Waals surface area contributed by atoms with Crippen molar-refractivity contribution in [1.82, 2.24) is 5.06 Å². The summed E-state index contributed by atoms with van der Waals surface area (Å²) in [7, 11) is 4.30. The van der Waals surface area contributed by atoms with Crippen LogP contribution in [-0.2, 0) is 4.84 Å². The van der Waals surface area contributed by atoms with Crippen LogP contribution in [0, 0.1) is 0 Å². The lowest BCUT2D eigenvalue weighted by Gasteiger charge is -2.16. The van der Waals surface area contributed by atoms with Crippen LogP contribution in [0.25, 0.3) is 0 Å². The third-order valence-electron chi connectivity index (χ3n) is 2.00. The van der Waals surface area contributed by atoms with Crippen LogP contribution in [0.3, 0.4) is 0 Å². The summed E-state index contributed by atoms with van der Waals surface area (Å²) in [4.78, 5) is 16.7. The molecule has 0 radical (unpaired) electrons. The van der Waals surface area contributed by atoms with Gasteiger partial charge < -0.3 is 4.74 Å². The maximum absolute atomic E-state index is 11.9. The molecule has 0 bridgehead atoms. The number of ether oxygens (including phenoxy) is 1. The van der Waals surface area contributed by atoms with Gasteiger partial charge in [0.05, 0.1) is 24.8 Å². The first-order valence-corrected chi connectivity index (χ1v) is 5.12. The Labute approximate surface area is 104 Å².